The fourth-order valence-corrected chi connectivity index (χ4v) is 4.01. The van der Waals surface area contributed by atoms with E-state index in [2.05, 4.69) is 14.2 Å². The van der Waals surface area contributed by atoms with E-state index in [1.54, 1.807) is 0 Å². The number of sulfonamides is 1. The molecule has 0 aliphatic rings. The Morgan fingerprint density at radius 2 is 1.73 bits per heavy atom. The van der Waals surface area contributed by atoms with Gasteiger partial charge in [-0.1, -0.05) is 23.2 Å². The normalized spacial score (nSPS) is 11.7. The average Bonchev–Trinajstić information content (AvgIpc) is 2.57. The van der Waals surface area contributed by atoms with Crippen molar-refractivity contribution < 1.29 is 31.5 Å². The summed E-state index contributed by atoms with van der Waals surface area (Å²) in [6, 6.07) is 8.19. The second-order valence-corrected chi connectivity index (χ2v) is 10.00. The molecule has 0 saturated heterocycles. The molecule has 0 spiro atoms. The van der Waals surface area contributed by atoms with E-state index < -0.39 is 32.6 Å². The standard InChI is InChI=1S/C16H17Cl2N3O7S2/c1-29(24,25)21-13-4-3-11(20-30(26,27)19-7-6-16(22)23)9-15(13)28-14-5-2-10(17)8-12(14)18/h2-5,8-9,19-21H,6-7H2,1H3,(H,22,23). The Bertz CT molecular complexity index is 1160. The van der Waals surface area contributed by atoms with E-state index in [9.17, 15) is 21.6 Å². The molecule has 0 amide bonds. The molecule has 14 heteroatoms. The first-order valence-electron chi connectivity index (χ1n) is 8.08. The lowest BCUT2D eigenvalue weighted by Crippen LogP contribution is -2.31. The van der Waals surface area contributed by atoms with E-state index in [1.165, 1.54) is 36.4 Å². The topological polar surface area (TPSA) is 151 Å². The SMILES string of the molecule is CS(=O)(=O)Nc1ccc(NS(=O)(=O)NCCC(=O)O)cc1Oc1ccc(Cl)cc1Cl. The van der Waals surface area contributed by atoms with Crippen molar-refractivity contribution in [2.45, 2.75) is 6.42 Å². The molecule has 10 nitrogen and oxygen atoms in total. The Morgan fingerprint density at radius 1 is 1.03 bits per heavy atom. The van der Waals surface area contributed by atoms with Crippen LogP contribution in [0.2, 0.25) is 10.0 Å². The summed E-state index contributed by atoms with van der Waals surface area (Å²) in [4.78, 5) is 10.5. The molecule has 30 heavy (non-hydrogen) atoms. The third-order valence-corrected chi connectivity index (χ3v) is 5.48. The molecule has 2 aromatic rings. The Morgan fingerprint density at radius 3 is 2.33 bits per heavy atom. The smallest absolute Gasteiger partial charge is 0.304 e. The van der Waals surface area contributed by atoms with Crippen molar-refractivity contribution in [2.24, 2.45) is 0 Å². The summed E-state index contributed by atoms with van der Waals surface area (Å²) in [7, 11) is -7.75. The van der Waals surface area contributed by atoms with Gasteiger partial charge in [-0.15, -0.1) is 0 Å². The van der Waals surface area contributed by atoms with E-state index in [-0.39, 0.29) is 34.4 Å². The first-order chi connectivity index (χ1) is 13.8. The Hall–Kier alpha value is -2.25. The number of benzene rings is 2. The van der Waals surface area contributed by atoms with Gasteiger partial charge in [0.05, 0.1) is 29.1 Å². The predicted octanol–water partition coefficient (Wildman–Crippen LogP) is 2.88. The van der Waals surface area contributed by atoms with Crippen LogP contribution in [0.1, 0.15) is 6.42 Å². The molecule has 164 valence electrons. The second-order valence-electron chi connectivity index (χ2n) is 5.91. The highest BCUT2D eigenvalue weighted by molar-refractivity contribution is 7.92. The van der Waals surface area contributed by atoms with Crippen molar-refractivity contribution in [3.05, 3.63) is 46.4 Å². The van der Waals surface area contributed by atoms with E-state index in [1.807, 2.05) is 0 Å². The molecule has 0 aromatic heterocycles. The van der Waals surface area contributed by atoms with Gasteiger partial charge in [-0.2, -0.15) is 13.1 Å². The van der Waals surface area contributed by atoms with Gasteiger partial charge in [0.25, 0.3) is 10.2 Å². The van der Waals surface area contributed by atoms with Gasteiger partial charge >= 0.3 is 5.97 Å². The van der Waals surface area contributed by atoms with Crippen molar-refractivity contribution in [3.8, 4) is 11.5 Å². The summed E-state index contributed by atoms with van der Waals surface area (Å²) < 4.78 is 59.5. The van der Waals surface area contributed by atoms with Crippen LogP contribution in [0.15, 0.2) is 36.4 Å². The van der Waals surface area contributed by atoms with Crippen LogP contribution in [0.3, 0.4) is 0 Å². The largest absolute Gasteiger partial charge is 0.481 e. The molecule has 0 unspecified atom stereocenters. The van der Waals surface area contributed by atoms with Gasteiger partial charge in [0.2, 0.25) is 10.0 Å². The molecule has 0 fully saturated rings. The number of carboxylic acid groups (broad SMARTS) is 1. The summed E-state index contributed by atoms with van der Waals surface area (Å²) in [5, 5.41) is 9.10. The van der Waals surface area contributed by atoms with E-state index in [4.69, 9.17) is 33.0 Å². The summed E-state index contributed by atoms with van der Waals surface area (Å²) in [5.74, 6) is -1.06. The number of ether oxygens (including phenoxy) is 1. The highest BCUT2D eigenvalue weighted by Gasteiger charge is 2.16. The van der Waals surface area contributed by atoms with Crippen LogP contribution in [0.25, 0.3) is 0 Å². The highest BCUT2D eigenvalue weighted by Crippen LogP contribution is 2.37. The molecule has 2 rings (SSSR count). The van der Waals surface area contributed by atoms with Crippen molar-refractivity contribution in [1.82, 2.24) is 4.72 Å². The first kappa shape index (κ1) is 24.0. The fraction of sp³-hybridized carbons (Fsp3) is 0.188. The van der Waals surface area contributed by atoms with Crippen LogP contribution in [-0.4, -0.2) is 40.7 Å². The lowest BCUT2D eigenvalue weighted by atomic mass is 10.2. The molecule has 0 aliphatic carbocycles. The van der Waals surface area contributed by atoms with Gasteiger partial charge < -0.3 is 9.84 Å². The maximum Gasteiger partial charge on any atom is 0.304 e. The minimum Gasteiger partial charge on any atom is -0.481 e. The Labute approximate surface area is 183 Å². The molecule has 0 bridgehead atoms. The van der Waals surface area contributed by atoms with Gasteiger partial charge in [-0.05, 0) is 30.3 Å². The zero-order chi connectivity index (χ0) is 22.5. The van der Waals surface area contributed by atoms with Crippen LogP contribution in [0, 0.1) is 0 Å². The lowest BCUT2D eigenvalue weighted by molar-refractivity contribution is -0.136. The number of hydrogen-bond donors (Lipinski definition) is 4. The molecular formula is C16H17Cl2N3O7S2. The van der Waals surface area contributed by atoms with Crippen molar-refractivity contribution >= 4 is 60.8 Å². The number of hydrogen-bond acceptors (Lipinski definition) is 6. The van der Waals surface area contributed by atoms with Gasteiger partial charge in [-0.3, -0.25) is 14.2 Å². The second kappa shape index (κ2) is 9.71. The van der Waals surface area contributed by atoms with Crippen LogP contribution < -0.4 is 18.9 Å². The quantitative estimate of drug-likeness (QED) is 0.393. The first-order valence-corrected chi connectivity index (χ1v) is 12.2. The summed E-state index contributed by atoms with van der Waals surface area (Å²) in [6.07, 6.45) is 0.538. The Kier molecular flexibility index (Phi) is 7.77. The number of carbonyl (C=O) groups is 1. The molecule has 0 saturated carbocycles. The number of rotatable bonds is 10. The maximum absolute atomic E-state index is 12.1. The third-order valence-electron chi connectivity index (χ3n) is 3.27. The molecular weight excluding hydrogens is 481 g/mol. The third kappa shape index (κ3) is 7.88. The number of halogens is 2. The van der Waals surface area contributed by atoms with E-state index in [0.29, 0.717) is 5.02 Å². The summed E-state index contributed by atoms with van der Waals surface area (Å²) in [5.41, 5.74) is 0.0577. The van der Waals surface area contributed by atoms with Crippen molar-refractivity contribution in [2.75, 3.05) is 22.2 Å². The number of anilines is 2. The van der Waals surface area contributed by atoms with Crippen molar-refractivity contribution in [3.63, 3.8) is 0 Å². The Balaban J connectivity index is 2.33. The van der Waals surface area contributed by atoms with Crippen LogP contribution in [0.5, 0.6) is 11.5 Å². The molecule has 0 atom stereocenters. The number of nitrogens with one attached hydrogen (secondary N) is 3. The molecule has 0 radical (unpaired) electrons. The summed E-state index contributed by atoms with van der Waals surface area (Å²) >= 11 is 11.9. The van der Waals surface area contributed by atoms with E-state index in [0.717, 1.165) is 6.26 Å². The molecule has 4 N–H and O–H groups in total. The van der Waals surface area contributed by atoms with Crippen LogP contribution >= 0.6 is 23.2 Å². The van der Waals surface area contributed by atoms with Crippen LogP contribution in [-0.2, 0) is 25.0 Å². The zero-order valence-corrected chi connectivity index (χ0v) is 18.5. The minimum absolute atomic E-state index is 0.0250. The summed E-state index contributed by atoms with van der Waals surface area (Å²) in [6.45, 7) is -0.317. The monoisotopic (exact) mass is 497 g/mol. The maximum atomic E-state index is 12.1. The average molecular weight is 498 g/mol. The van der Waals surface area contributed by atoms with Gasteiger partial charge in [0.1, 0.15) is 5.75 Å². The van der Waals surface area contributed by atoms with E-state index >= 15 is 0 Å². The lowest BCUT2D eigenvalue weighted by Gasteiger charge is -2.15. The number of carboxylic acids is 1. The van der Waals surface area contributed by atoms with Gasteiger partial charge in [-0.25, -0.2) is 8.42 Å². The predicted molar refractivity (Wildman–Crippen MR) is 114 cm³/mol. The zero-order valence-electron chi connectivity index (χ0n) is 15.3. The van der Waals surface area contributed by atoms with Gasteiger partial charge in [0, 0.05) is 17.6 Å². The number of aliphatic carboxylic acids is 1. The van der Waals surface area contributed by atoms with Gasteiger partial charge in [0.15, 0.2) is 5.75 Å². The minimum atomic E-state index is -4.08. The molecule has 0 aliphatic heterocycles. The molecule has 0 heterocycles. The highest BCUT2D eigenvalue weighted by atomic mass is 35.5. The molecule has 2 aromatic carbocycles. The van der Waals surface area contributed by atoms with Crippen molar-refractivity contribution in [1.29, 1.82) is 0 Å². The van der Waals surface area contributed by atoms with Crippen LogP contribution in [0.4, 0.5) is 11.4 Å². The fourth-order valence-electron chi connectivity index (χ4n) is 2.11.